The summed E-state index contributed by atoms with van der Waals surface area (Å²) in [5.74, 6) is 0.567. The summed E-state index contributed by atoms with van der Waals surface area (Å²) in [5, 5.41) is 3.11. The summed E-state index contributed by atoms with van der Waals surface area (Å²) < 4.78 is 0. The summed E-state index contributed by atoms with van der Waals surface area (Å²) in [7, 11) is 1.83. The Bertz CT molecular complexity index is 330. The highest BCUT2D eigenvalue weighted by atomic mass is 16.2. The van der Waals surface area contributed by atoms with Crippen LogP contribution in [0, 0.1) is 5.92 Å². The molecule has 2 saturated heterocycles. The molecule has 2 fully saturated rings. The summed E-state index contributed by atoms with van der Waals surface area (Å²) in [6, 6.07) is -0.115. The van der Waals surface area contributed by atoms with E-state index in [0.29, 0.717) is 19.0 Å². The van der Waals surface area contributed by atoms with Gasteiger partial charge in [-0.3, -0.25) is 9.59 Å². The number of rotatable bonds is 2. The predicted octanol–water partition coefficient (Wildman–Crippen LogP) is -0.326. The predicted molar refractivity (Wildman–Crippen MR) is 64.4 cm³/mol. The van der Waals surface area contributed by atoms with E-state index in [1.54, 1.807) is 4.90 Å². The van der Waals surface area contributed by atoms with Crippen molar-refractivity contribution in [3.63, 3.8) is 0 Å². The molecule has 2 unspecified atom stereocenters. The largest absolute Gasteiger partial charge is 0.342 e. The molecular weight excluding hydrogens is 218 g/mol. The summed E-state index contributed by atoms with van der Waals surface area (Å²) in [4.78, 5) is 27.7. The molecule has 17 heavy (non-hydrogen) atoms. The third-order valence-corrected chi connectivity index (χ3v) is 3.51. The SMILES string of the molecule is CC(C)CC1C(=O)N(C)CC2CNCC(=O)N21. The third-order valence-electron chi connectivity index (χ3n) is 3.51. The lowest BCUT2D eigenvalue weighted by Gasteiger charge is -2.47. The second-order valence-electron chi connectivity index (χ2n) is 5.45. The van der Waals surface area contributed by atoms with E-state index in [-0.39, 0.29) is 23.9 Å². The van der Waals surface area contributed by atoms with E-state index >= 15 is 0 Å². The van der Waals surface area contributed by atoms with Gasteiger partial charge >= 0.3 is 0 Å². The van der Waals surface area contributed by atoms with Gasteiger partial charge in [0.2, 0.25) is 11.8 Å². The molecule has 2 rings (SSSR count). The first-order valence-electron chi connectivity index (χ1n) is 6.27. The minimum absolute atomic E-state index is 0.0633. The monoisotopic (exact) mass is 239 g/mol. The van der Waals surface area contributed by atoms with E-state index in [2.05, 4.69) is 19.2 Å². The Balaban J connectivity index is 2.22. The minimum Gasteiger partial charge on any atom is -0.342 e. The lowest BCUT2D eigenvalue weighted by Crippen LogP contribution is -2.68. The maximum Gasteiger partial charge on any atom is 0.245 e. The van der Waals surface area contributed by atoms with Crippen molar-refractivity contribution in [1.29, 1.82) is 0 Å². The van der Waals surface area contributed by atoms with Crippen molar-refractivity contribution in [1.82, 2.24) is 15.1 Å². The van der Waals surface area contributed by atoms with Crippen LogP contribution in [0.15, 0.2) is 0 Å². The number of carbonyl (C=O) groups is 2. The van der Waals surface area contributed by atoms with Crippen molar-refractivity contribution in [2.45, 2.75) is 32.4 Å². The van der Waals surface area contributed by atoms with Gasteiger partial charge in [-0.05, 0) is 12.3 Å². The van der Waals surface area contributed by atoms with Crippen LogP contribution in [0.1, 0.15) is 20.3 Å². The molecule has 5 heteroatoms. The number of piperazine rings is 2. The standard InChI is InChI=1S/C12H21N3O2/c1-8(2)4-10-12(17)14(3)7-9-5-13-6-11(16)15(9)10/h8-10,13H,4-7H2,1-3H3. The number of hydrogen-bond donors (Lipinski definition) is 1. The molecule has 2 atom stereocenters. The van der Waals surface area contributed by atoms with E-state index in [0.717, 1.165) is 13.0 Å². The molecule has 2 heterocycles. The fourth-order valence-electron chi connectivity index (χ4n) is 2.76. The molecule has 2 aliphatic rings. The lowest BCUT2D eigenvalue weighted by molar-refractivity contribution is -0.157. The highest BCUT2D eigenvalue weighted by Gasteiger charge is 2.43. The molecule has 0 radical (unpaired) electrons. The van der Waals surface area contributed by atoms with Crippen LogP contribution in [0.4, 0.5) is 0 Å². The Kier molecular flexibility index (Phi) is 3.38. The second kappa shape index (κ2) is 4.64. The molecule has 1 N–H and O–H groups in total. The molecule has 0 bridgehead atoms. The Hall–Kier alpha value is -1.10. The molecule has 0 aliphatic carbocycles. The van der Waals surface area contributed by atoms with Crippen molar-refractivity contribution in [3.8, 4) is 0 Å². The van der Waals surface area contributed by atoms with Crippen molar-refractivity contribution in [2.24, 2.45) is 5.92 Å². The van der Waals surface area contributed by atoms with Crippen LogP contribution in [-0.4, -0.2) is 60.4 Å². The number of fused-ring (bicyclic) bond motifs is 1. The zero-order valence-electron chi connectivity index (χ0n) is 10.8. The minimum atomic E-state index is -0.256. The van der Waals surface area contributed by atoms with Gasteiger partial charge in [0.15, 0.2) is 0 Å². The lowest BCUT2D eigenvalue weighted by atomic mass is 9.95. The van der Waals surface area contributed by atoms with E-state index in [9.17, 15) is 9.59 Å². The number of hydrogen-bond acceptors (Lipinski definition) is 3. The van der Waals surface area contributed by atoms with Gasteiger partial charge in [-0.2, -0.15) is 0 Å². The molecule has 0 spiro atoms. The number of carbonyl (C=O) groups excluding carboxylic acids is 2. The Labute approximate surface area is 102 Å². The van der Waals surface area contributed by atoms with Crippen LogP contribution < -0.4 is 5.32 Å². The van der Waals surface area contributed by atoms with Gasteiger partial charge in [-0.15, -0.1) is 0 Å². The van der Waals surface area contributed by atoms with Gasteiger partial charge in [-0.25, -0.2) is 0 Å². The summed E-state index contributed by atoms with van der Waals surface area (Å²) in [5.41, 5.74) is 0. The van der Waals surface area contributed by atoms with E-state index in [1.165, 1.54) is 0 Å². The first kappa shape index (κ1) is 12.4. The fourth-order valence-corrected chi connectivity index (χ4v) is 2.76. The highest BCUT2D eigenvalue weighted by Crippen LogP contribution is 2.23. The van der Waals surface area contributed by atoms with Crippen LogP contribution in [-0.2, 0) is 9.59 Å². The number of likely N-dealkylation sites (N-methyl/N-ethyl adjacent to an activating group) is 1. The van der Waals surface area contributed by atoms with E-state index in [4.69, 9.17) is 0 Å². The first-order valence-corrected chi connectivity index (χ1v) is 6.27. The number of amides is 2. The van der Waals surface area contributed by atoms with Gasteiger partial charge in [-0.1, -0.05) is 13.8 Å². The fraction of sp³-hybridized carbons (Fsp3) is 0.833. The molecule has 0 aromatic carbocycles. The number of nitrogens with one attached hydrogen (secondary N) is 1. The Morgan fingerprint density at radius 2 is 2.12 bits per heavy atom. The smallest absolute Gasteiger partial charge is 0.245 e. The maximum absolute atomic E-state index is 12.2. The topological polar surface area (TPSA) is 52.7 Å². The normalized spacial score (nSPS) is 29.9. The Morgan fingerprint density at radius 3 is 2.76 bits per heavy atom. The van der Waals surface area contributed by atoms with Crippen molar-refractivity contribution < 1.29 is 9.59 Å². The highest BCUT2D eigenvalue weighted by molar-refractivity contribution is 5.90. The summed E-state index contributed by atoms with van der Waals surface area (Å²) >= 11 is 0. The zero-order chi connectivity index (χ0) is 12.6. The van der Waals surface area contributed by atoms with Gasteiger partial charge in [0.05, 0.1) is 12.6 Å². The molecule has 0 aromatic heterocycles. The first-order chi connectivity index (χ1) is 8.00. The second-order valence-corrected chi connectivity index (χ2v) is 5.45. The quantitative estimate of drug-likeness (QED) is 0.718. The molecule has 5 nitrogen and oxygen atoms in total. The molecular formula is C12H21N3O2. The van der Waals surface area contributed by atoms with Crippen LogP contribution in [0.5, 0.6) is 0 Å². The Morgan fingerprint density at radius 1 is 1.41 bits per heavy atom. The van der Waals surface area contributed by atoms with E-state index in [1.807, 2.05) is 11.9 Å². The maximum atomic E-state index is 12.2. The van der Waals surface area contributed by atoms with Gasteiger partial charge < -0.3 is 15.1 Å². The van der Waals surface area contributed by atoms with Gasteiger partial charge in [0.1, 0.15) is 6.04 Å². The van der Waals surface area contributed by atoms with Crippen LogP contribution in [0.25, 0.3) is 0 Å². The van der Waals surface area contributed by atoms with Crippen LogP contribution >= 0.6 is 0 Å². The molecule has 2 aliphatic heterocycles. The van der Waals surface area contributed by atoms with Crippen LogP contribution in [0.3, 0.4) is 0 Å². The van der Waals surface area contributed by atoms with Crippen molar-refractivity contribution in [3.05, 3.63) is 0 Å². The summed E-state index contributed by atoms with van der Waals surface area (Å²) in [6.45, 7) is 5.97. The zero-order valence-corrected chi connectivity index (χ0v) is 10.8. The van der Waals surface area contributed by atoms with Crippen LogP contribution in [0.2, 0.25) is 0 Å². The van der Waals surface area contributed by atoms with Crippen molar-refractivity contribution in [2.75, 3.05) is 26.7 Å². The summed E-state index contributed by atoms with van der Waals surface area (Å²) in [6.07, 6.45) is 0.755. The molecule has 96 valence electrons. The van der Waals surface area contributed by atoms with Crippen molar-refractivity contribution >= 4 is 11.8 Å². The average molecular weight is 239 g/mol. The molecule has 2 amide bonds. The van der Waals surface area contributed by atoms with Gasteiger partial charge in [0.25, 0.3) is 0 Å². The molecule has 0 aromatic rings. The number of nitrogens with zero attached hydrogens (tertiary/aromatic N) is 2. The average Bonchev–Trinajstić information content (AvgIpc) is 2.24. The van der Waals surface area contributed by atoms with E-state index < -0.39 is 0 Å². The third kappa shape index (κ3) is 2.29. The van der Waals surface area contributed by atoms with Gasteiger partial charge in [0, 0.05) is 20.1 Å². The molecule has 0 saturated carbocycles.